The Hall–Kier alpha value is -2.40. The van der Waals surface area contributed by atoms with E-state index in [1.165, 1.54) is 18.4 Å². The summed E-state index contributed by atoms with van der Waals surface area (Å²) >= 11 is 1.36. The minimum atomic E-state index is -0.334. The SMILES string of the molecule is CC.COC(=O)c1sc2cncc(Oc3ccccc3)c2c1C. The Morgan fingerprint density at radius 3 is 2.48 bits per heavy atom. The van der Waals surface area contributed by atoms with Crippen LogP contribution in [0.15, 0.2) is 42.7 Å². The monoisotopic (exact) mass is 329 g/mol. The third-order valence-electron chi connectivity index (χ3n) is 3.15. The van der Waals surface area contributed by atoms with Gasteiger partial charge in [0, 0.05) is 11.6 Å². The van der Waals surface area contributed by atoms with Crippen LogP contribution in [0.4, 0.5) is 0 Å². The largest absolute Gasteiger partial charge is 0.465 e. The average molecular weight is 329 g/mol. The molecule has 0 amide bonds. The van der Waals surface area contributed by atoms with Crippen LogP contribution in [-0.2, 0) is 4.74 Å². The highest BCUT2D eigenvalue weighted by molar-refractivity contribution is 7.21. The summed E-state index contributed by atoms with van der Waals surface area (Å²) in [5.41, 5.74) is 0.857. The second kappa shape index (κ2) is 7.74. The van der Waals surface area contributed by atoms with Gasteiger partial charge in [0.1, 0.15) is 10.6 Å². The molecule has 0 fully saturated rings. The predicted molar refractivity (Wildman–Crippen MR) is 93.6 cm³/mol. The maximum absolute atomic E-state index is 11.8. The van der Waals surface area contributed by atoms with Crippen molar-refractivity contribution in [1.82, 2.24) is 4.98 Å². The molecule has 0 radical (unpaired) electrons. The number of fused-ring (bicyclic) bond motifs is 1. The van der Waals surface area contributed by atoms with Gasteiger partial charge in [-0.1, -0.05) is 32.0 Å². The first-order valence-electron chi connectivity index (χ1n) is 7.39. The molecule has 5 heteroatoms. The fourth-order valence-corrected chi connectivity index (χ4v) is 3.26. The van der Waals surface area contributed by atoms with Gasteiger partial charge in [-0.3, -0.25) is 4.98 Å². The topological polar surface area (TPSA) is 48.4 Å². The first-order valence-corrected chi connectivity index (χ1v) is 8.20. The van der Waals surface area contributed by atoms with Crippen LogP contribution in [0.3, 0.4) is 0 Å². The van der Waals surface area contributed by atoms with Gasteiger partial charge in [-0.05, 0) is 24.6 Å². The quantitative estimate of drug-likeness (QED) is 0.619. The third kappa shape index (κ3) is 3.51. The van der Waals surface area contributed by atoms with Crippen LogP contribution in [0.25, 0.3) is 10.1 Å². The fourth-order valence-electron chi connectivity index (χ4n) is 2.15. The summed E-state index contributed by atoms with van der Waals surface area (Å²) < 4.78 is 11.6. The van der Waals surface area contributed by atoms with E-state index in [4.69, 9.17) is 9.47 Å². The van der Waals surface area contributed by atoms with Crippen LogP contribution in [0.1, 0.15) is 29.1 Å². The van der Waals surface area contributed by atoms with Gasteiger partial charge in [0.05, 0.1) is 18.0 Å². The normalized spacial score (nSPS) is 9.91. The standard InChI is InChI=1S/C16H13NO3S.C2H6/c1-10-14-12(20-11-6-4-3-5-7-11)8-17-9-13(14)21-15(10)16(18)19-2;1-2/h3-9H,1-2H3;1-2H3. The van der Waals surface area contributed by atoms with Crippen molar-refractivity contribution in [2.45, 2.75) is 20.8 Å². The Balaban J connectivity index is 0.000000924. The predicted octanol–water partition coefficient (Wildman–Crippen LogP) is 5.21. The molecule has 0 spiro atoms. The third-order valence-corrected chi connectivity index (χ3v) is 4.35. The number of nitrogens with zero attached hydrogens (tertiary/aromatic N) is 1. The maximum Gasteiger partial charge on any atom is 0.348 e. The number of para-hydroxylation sites is 1. The van der Waals surface area contributed by atoms with Crippen LogP contribution < -0.4 is 4.74 Å². The van der Waals surface area contributed by atoms with Gasteiger partial charge in [-0.25, -0.2) is 4.79 Å². The zero-order chi connectivity index (χ0) is 16.8. The molecule has 0 unspecified atom stereocenters. The van der Waals surface area contributed by atoms with Crippen molar-refractivity contribution < 1.29 is 14.3 Å². The number of thiophene rings is 1. The number of ether oxygens (including phenoxy) is 2. The number of esters is 1. The highest BCUT2D eigenvalue weighted by Gasteiger charge is 2.19. The number of aryl methyl sites for hydroxylation is 1. The Morgan fingerprint density at radius 2 is 1.83 bits per heavy atom. The van der Waals surface area contributed by atoms with Gasteiger partial charge in [-0.2, -0.15) is 0 Å². The van der Waals surface area contributed by atoms with Gasteiger partial charge >= 0.3 is 5.97 Å². The fraction of sp³-hybridized carbons (Fsp3) is 0.222. The molecule has 0 saturated carbocycles. The van der Waals surface area contributed by atoms with E-state index in [1.807, 2.05) is 51.1 Å². The molecule has 3 rings (SSSR count). The number of hydrogen-bond donors (Lipinski definition) is 0. The molecule has 23 heavy (non-hydrogen) atoms. The van der Waals surface area contributed by atoms with Crippen molar-refractivity contribution in [3.8, 4) is 11.5 Å². The smallest absolute Gasteiger partial charge is 0.348 e. The number of methoxy groups -OCH3 is 1. The van der Waals surface area contributed by atoms with Crippen LogP contribution in [-0.4, -0.2) is 18.1 Å². The molecule has 0 atom stereocenters. The van der Waals surface area contributed by atoms with Crippen molar-refractivity contribution >= 4 is 27.4 Å². The molecule has 0 aliphatic rings. The van der Waals surface area contributed by atoms with E-state index in [0.29, 0.717) is 10.6 Å². The highest BCUT2D eigenvalue weighted by Crippen LogP contribution is 2.38. The Labute approximate surface area is 139 Å². The molecular weight excluding hydrogens is 310 g/mol. The molecule has 0 N–H and O–H groups in total. The zero-order valence-corrected chi connectivity index (χ0v) is 14.4. The lowest BCUT2D eigenvalue weighted by atomic mass is 10.1. The number of carbonyl (C=O) groups is 1. The van der Waals surface area contributed by atoms with Crippen LogP contribution in [0.2, 0.25) is 0 Å². The van der Waals surface area contributed by atoms with Gasteiger partial charge in [0.25, 0.3) is 0 Å². The van der Waals surface area contributed by atoms with E-state index in [0.717, 1.165) is 21.4 Å². The first kappa shape index (κ1) is 17.0. The van der Waals surface area contributed by atoms with Gasteiger partial charge < -0.3 is 9.47 Å². The van der Waals surface area contributed by atoms with E-state index >= 15 is 0 Å². The van der Waals surface area contributed by atoms with E-state index in [1.54, 1.807) is 12.4 Å². The Bertz CT molecular complexity index is 797. The summed E-state index contributed by atoms with van der Waals surface area (Å²) in [6.07, 6.45) is 3.40. The summed E-state index contributed by atoms with van der Waals surface area (Å²) in [7, 11) is 1.38. The Morgan fingerprint density at radius 1 is 1.13 bits per heavy atom. The van der Waals surface area contributed by atoms with Crippen LogP contribution in [0.5, 0.6) is 11.5 Å². The van der Waals surface area contributed by atoms with E-state index in [-0.39, 0.29) is 5.97 Å². The van der Waals surface area contributed by atoms with Crippen molar-refractivity contribution in [3.63, 3.8) is 0 Å². The number of hydrogen-bond acceptors (Lipinski definition) is 5. The molecule has 2 aromatic heterocycles. The second-order valence-corrected chi connectivity index (χ2v) is 5.53. The summed E-state index contributed by atoms with van der Waals surface area (Å²) in [5.74, 6) is 1.04. The number of pyridine rings is 1. The molecule has 0 bridgehead atoms. The van der Waals surface area contributed by atoms with Crippen molar-refractivity contribution in [1.29, 1.82) is 0 Å². The molecule has 2 heterocycles. The molecule has 120 valence electrons. The molecule has 1 aromatic carbocycles. The minimum Gasteiger partial charge on any atom is -0.465 e. The van der Waals surface area contributed by atoms with Gasteiger partial charge in [-0.15, -0.1) is 11.3 Å². The van der Waals surface area contributed by atoms with Crippen molar-refractivity contribution in [2.24, 2.45) is 0 Å². The maximum atomic E-state index is 11.8. The molecule has 0 aliphatic heterocycles. The minimum absolute atomic E-state index is 0.334. The molecule has 4 nitrogen and oxygen atoms in total. The molecule has 3 aromatic rings. The number of carbonyl (C=O) groups excluding carboxylic acids is 1. The average Bonchev–Trinajstić information content (AvgIpc) is 2.95. The Kier molecular flexibility index (Phi) is 5.71. The zero-order valence-electron chi connectivity index (χ0n) is 13.6. The van der Waals surface area contributed by atoms with Crippen LogP contribution >= 0.6 is 11.3 Å². The summed E-state index contributed by atoms with van der Waals surface area (Å²) in [4.78, 5) is 16.6. The number of benzene rings is 1. The van der Waals surface area contributed by atoms with Crippen molar-refractivity contribution in [2.75, 3.05) is 7.11 Å². The molecule has 0 saturated heterocycles. The van der Waals surface area contributed by atoms with Gasteiger partial charge in [0.15, 0.2) is 5.75 Å². The number of rotatable bonds is 3. The van der Waals surface area contributed by atoms with Gasteiger partial charge in [0.2, 0.25) is 0 Å². The summed E-state index contributed by atoms with van der Waals surface area (Å²) in [6.45, 7) is 5.89. The van der Waals surface area contributed by atoms with E-state index < -0.39 is 0 Å². The molecular formula is C18H19NO3S. The first-order chi connectivity index (χ1) is 11.2. The van der Waals surface area contributed by atoms with E-state index in [2.05, 4.69) is 4.98 Å². The second-order valence-electron chi connectivity index (χ2n) is 4.47. The number of aromatic nitrogens is 1. The summed E-state index contributed by atoms with van der Waals surface area (Å²) in [6, 6.07) is 9.49. The lowest BCUT2D eigenvalue weighted by Gasteiger charge is -2.07. The van der Waals surface area contributed by atoms with E-state index in [9.17, 15) is 4.79 Å². The highest BCUT2D eigenvalue weighted by atomic mass is 32.1. The molecule has 0 aliphatic carbocycles. The van der Waals surface area contributed by atoms with Crippen molar-refractivity contribution in [3.05, 3.63) is 53.2 Å². The lowest BCUT2D eigenvalue weighted by Crippen LogP contribution is -1.99. The lowest BCUT2D eigenvalue weighted by molar-refractivity contribution is 0.0605. The van der Waals surface area contributed by atoms with Crippen LogP contribution in [0, 0.1) is 6.92 Å². The summed E-state index contributed by atoms with van der Waals surface area (Å²) in [5, 5.41) is 0.902.